The molecule has 1 aliphatic rings. The first-order valence-electron chi connectivity index (χ1n) is 6.58. The predicted octanol–water partition coefficient (Wildman–Crippen LogP) is 2.10. The third-order valence-corrected chi connectivity index (χ3v) is 6.41. The van der Waals surface area contributed by atoms with E-state index < -0.39 is 28.0 Å². The van der Waals surface area contributed by atoms with Gasteiger partial charge in [0.2, 0.25) is 0 Å². The van der Waals surface area contributed by atoms with Crippen molar-refractivity contribution < 1.29 is 27.2 Å². The van der Waals surface area contributed by atoms with Crippen molar-refractivity contribution >= 4 is 47.6 Å². The second-order valence-corrected chi connectivity index (χ2v) is 9.53. The van der Waals surface area contributed by atoms with Crippen LogP contribution in [0.4, 0.5) is 0 Å². The number of ether oxygens (including phenoxy) is 1. The van der Waals surface area contributed by atoms with Crippen molar-refractivity contribution in [2.45, 2.75) is 43.5 Å². The summed E-state index contributed by atoms with van der Waals surface area (Å²) in [6.07, 6.45) is 3.15. The molecule has 0 bridgehead atoms. The highest BCUT2D eigenvalue weighted by molar-refractivity contribution is 8.77. The first-order valence-corrected chi connectivity index (χ1v) is 11.2. The molecule has 1 saturated heterocycles. The minimum absolute atomic E-state index is 0.298. The highest BCUT2D eigenvalue weighted by Crippen LogP contribution is 2.39. The highest BCUT2D eigenvalue weighted by Gasteiger charge is 2.16. The molecule has 2 atom stereocenters. The number of esters is 1. The maximum atomic E-state index is 11.4. The van der Waals surface area contributed by atoms with E-state index in [2.05, 4.69) is 4.18 Å². The van der Waals surface area contributed by atoms with Gasteiger partial charge in [-0.05, 0) is 19.3 Å². The molecule has 0 aromatic heterocycles. The number of rotatable bonds is 10. The molecule has 124 valence electrons. The van der Waals surface area contributed by atoms with Gasteiger partial charge in [0.1, 0.15) is 12.7 Å². The summed E-state index contributed by atoms with van der Waals surface area (Å²) in [5.74, 6) is 0.797. The third kappa shape index (κ3) is 10.6. The van der Waals surface area contributed by atoms with E-state index in [1.807, 2.05) is 21.6 Å². The average molecular weight is 379 g/mol. The van der Waals surface area contributed by atoms with Gasteiger partial charge in [0, 0.05) is 28.1 Å². The number of carbonyl (C=O) groups excluding carboxylic acids is 1. The van der Waals surface area contributed by atoms with Crippen molar-refractivity contribution in [2.24, 2.45) is 0 Å². The minimum Gasteiger partial charge on any atom is -0.463 e. The van der Waals surface area contributed by atoms with Crippen LogP contribution in [0.2, 0.25) is 0 Å². The SMILES string of the molecule is O=C(CCCC[C@@H]1CCSS1)OC[C@@H](O)COS(=O)(=O)Cl. The summed E-state index contributed by atoms with van der Waals surface area (Å²) in [6, 6.07) is 0. The molecule has 0 spiro atoms. The van der Waals surface area contributed by atoms with Crippen LogP contribution in [0.1, 0.15) is 32.1 Å². The zero-order chi connectivity index (χ0) is 15.7. The summed E-state index contributed by atoms with van der Waals surface area (Å²) in [7, 11) is 4.50. The summed E-state index contributed by atoms with van der Waals surface area (Å²) in [5, 5.41) is 10.0. The van der Waals surface area contributed by atoms with Gasteiger partial charge in [-0.15, -0.1) is 0 Å². The lowest BCUT2D eigenvalue weighted by molar-refractivity contribution is -0.147. The maximum Gasteiger partial charge on any atom is 0.355 e. The number of aliphatic hydroxyl groups is 1. The Morgan fingerprint density at radius 2 is 2.14 bits per heavy atom. The third-order valence-electron chi connectivity index (χ3n) is 2.72. The second-order valence-electron chi connectivity index (χ2n) is 4.59. The van der Waals surface area contributed by atoms with Crippen LogP contribution in [0.3, 0.4) is 0 Å². The molecule has 10 heteroatoms. The Hall–Kier alpha value is 0.330. The summed E-state index contributed by atoms with van der Waals surface area (Å²) in [6.45, 7) is -0.837. The van der Waals surface area contributed by atoms with Gasteiger partial charge in [-0.3, -0.25) is 8.98 Å². The Balaban J connectivity index is 1.99. The number of aliphatic hydroxyl groups excluding tert-OH is 1. The Morgan fingerprint density at radius 1 is 1.38 bits per heavy atom. The molecule has 6 nitrogen and oxygen atoms in total. The van der Waals surface area contributed by atoms with Gasteiger partial charge in [0.05, 0.1) is 6.61 Å². The molecular formula is C11H19ClO6S3. The van der Waals surface area contributed by atoms with Crippen molar-refractivity contribution in [2.75, 3.05) is 19.0 Å². The molecule has 0 amide bonds. The molecule has 0 saturated carbocycles. The van der Waals surface area contributed by atoms with E-state index in [1.165, 1.54) is 12.2 Å². The van der Waals surface area contributed by atoms with Crippen LogP contribution < -0.4 is 0 Å². The average Bonchev–Trinajstić information content (AvgIpc) is 2.91. The number of unbranched alkanes of at least 4 members (excludes halogenated alkanes) is 1. The molecule has 0 unspecified atom stereocenters. The molecular weight excluding hydrogens is 360 g/mol. The van der Waals surface area contributed by atoms with Gasteiger partial charge in [0.15, 0.2) is 0 Å². The molecule has 1 fully saturated rings. The zero-order valence-corrected chi connectivity index (χ0v) is 14.6. The van der Waals surface area contributed by atoms with Crippen LogP contribution in [0.15, 0.2) is 0 Å². The number of hydrogen-bond donors (Lipinski definition) is 1. The molecule has 1 aliphatic heterocycles. The van der Waals surface area contributed by atoms with E-state index in [1.54, 1.807) is 0 Å². The van der Waals surface area contributed by atoms with Gasteiger partial charge >= 0.3 is 15.3 Å². The lowest BCUT2D eigenvalue weighted by atomic mass is 10.1. The molecule has 0 aliphatic carbocycles. The van der Waals surface area contributed by atoms with E-state index in [0.29, 0.717) is 11.7 Å². The van der Waals surface area contributed by atoms with Crippen LogP contribution in [0.5, 0.6) is 0 Å². The Bertz CT molecular complexity index is 410. The standard InChI is InChI=1S/C11H19ClO6S3/c12-21(15,16)18-8-9(13)7-17-11(14)4-2-1-3-10-5-6-19-20-10/h9-10,13H,1-8H2/t9-,10-/m1/s1. The molecule has 0 aromatic rings. The summed E-state index contributed by atoms with van der Waals surface area (Å²) >= 11 is 0. The van der Waals surface area contributed by atoms with Gasteiger partial charge in [-0.1, -0.05) is 28.0 Å². The zero-order valence-electron chi connectivity index (χ0n) is 11.4. The van der Waals surface area contributed by atoms with Crippen LogP contribution in [0.25, 0.3) is 0 Å². The van der Waals surface area contributed by atoms with Gasteiger partial charge in [-0.2, -0.15) is 8.42 Å². The van der Waals surface area contributed by atoms with Gasteiger partial charge in [0.25, 0.3) is 0 Å². The van der Waals surface area contributed by atoms with Crippen LogP contribution in [-0.2, 0) is 23.0 Å². The summed E-state index contributed by atoms with van der Waals surface area (Å²) in [5.41, 5.74) is 0. The fourth-order valence-corrected chi connectivity index (χ4v) is 5.18. The van der Waals surface area contributed by atoms with E-state index in [-0.39, 0.29) is 6.61 Å². The quantitative estimate of drug-likeness (QED) is 0.267. The topological polar surface area (TPSA) is 89.9 Å². The van der Waals surface area contributed by atoms with Crippen LogP contribution >= 0.6 is 32.3 Å². The van der Waals surface area contributed by atoms with Gasteiger partial charge < -0.3 is 9.84 Å². The number of hydrogen-bond acceptors (Lipinski definition) is 8. The first kappa shape index (κ1) is 19.4. The summed E-state index contributed by atoms with van der Waals surface area (Å²) in [4.78, 5) is 11.4. The van der Waals surface area contributed by atoms with Crippen molar-refractivity contribution in [1.82, 2.24) is 0 Å². The van der Waals surface area contributed by atoms with E-state index in [4.69, 9.17) is 15.4 Å². The first-order chi connectivity index (χ1) is 9.87. The molecule has 0 aromatic carbocycles. The second kappa shape index (κ2) is 10.2. The molecule has 21 heavy (non-hydrogen) atoms. The van der Waals surface area contributed by atoms with Gasteiger partial charge in [-0.25, -0.2) is 0 Å². The largest absolute Gasteiger partial charge is 0.463 e. The number of halogens is 1. The van der Waals surface area contributed by atoms with Crippen molar-refractivity contribution in [3.63, 3.8) is 0 Å². The van der Waals surface area contributed by atoms with Crippen molar-refractivity contribution in [3.8, 4) is 0 Å². The van der Waals surface area contributed by atoms with Crippen LogP contribution in [-0.4, -0.2) is 49.8 Å². The molecule has 0 radical (unpaired) electrons. The molecule has 1 N–H and O–H groups in total. The lowest BCUT2D eigenvalue weighted by Gasteiger charge is -2.10. The smallest absolute Gasteiger partial charge is 0.355 e. The molecule has 1 rings (SSSR count). The fraction of sp³-hybridized carbons (Fsp3) is 0.909. The normalized spacial score (nSPS) is 20.4. The predicted molar refractivity (Wildman–Crippen MR) is 84.6 cm³/mol. The van der Waals surface area contributed by atoms with E-state index in [9.17, 15) is 18.3 Å². The lowest BCUT2D eigenvalue weighted by Crippen LogP contribution is -2.24. The Kier molecular flexibility index (Phi) is 9.38. The highest BCUT2D eigenvalue weighted by atomic mass is 35.7. The van der Waals surface area contributed by atoms with Crippen molar-refractivity contribution in [3.05, 3.63) is 0 Å². The summed E-state index contributed by atoms with van der Waals surface area (Å²) < 4.78 is 30.0. The van der Waals surface area contributed by atoms with E-state index in [0.717, 1.165) is 19.3 Å². The Labute approximate surface area is 137 Å². The maximum absolute atomic E-state index is 11.4. The van der Waals surface area contributed by atoms with E-state index >= 15 is 0 Å². The number of carbonyl (C=O) groups is 1. The minimum atomic E-state index is -4.12. The monoisotopic (exact) mass is 378 g/mol. The molecule has 1 heterocycles. The fourth-order valence-electron chi connectivity index (χ4n) is 1.68. The van der Waals surface area contributed by atoms with Crippen molar-refractivity contribution in [1.29, 1.82) is 0 Å². The van der Waals surface area contributed by atoms with Crippen LogP contribution in [0, 0.1) is 0 Å². The Morgan fingerprint density at radius 3 is 2.76 bits per heavy atom.